The zero-order valence-corrected chi connectivity index (χ0v) is 30.9. The van der Waals surface area contributed by atoms with Crippen molar-refractivity contribution in [2.45, 2.75) is 116 Å². The number of carbonyl (C=O) groups excluding carboxylic acids is 1. The van der Waals surface area contributed by atoms with Crippen molar-refractivity contribution in [2.75, 3.05) is 0 Å². The van der Waals surface area contributed by atoms with Crippen LogP contribution in [0.2, 0.25) is 0 Å². The summed E-state index contributed by atoms with van der Waals surface area (Å²) < 4.78 is 17.4. The minimum atomic E-state index is -3.17. The molecule has 1 nitrogen and oxygen atoms in total. The molecule has 0 heterocycles. The van der Waals surface area contributed by atoms with Crippen LogP contribution in [0.5, 0.6) is 0 Å². The Morgan fingerprint density at radius 1 is 0.600 bits per heavy atom. The zero-order chi connectivity index (χ0) is 28.9. The number of hydrogen-bond acceptors (Lipinski definition) is 1. The fourth-order valence-corrected chi connectivity index (χ4v) is 9.86. The van der Waals surface area contributed by atoms with Crippen LogP contribution in [0.4, 0.5) is 2.51 Å². The fourth-order valence-electron chi connectivity index (χ4n) is 4.79. The van der Waals surface area contributed by atoms with Gasteiger partial charge in [-0.2, -0.15) is 17.7 Å². The van der Waals surface area contributed by atoms with E-state index in [1.54, 1.807) is 0 Å². The second-order valence-corrected chi connectivity index (χ2v) is 17.9. The maximum atomic E-state index is 14.1. The maximum absolute atomic E-state index is 14.1. The van der Waals surface area contributed by atoms with Crippen LogP contribution in [0.3, 0.4) is 0 Å². The summed E-state index contributed by atoms with van der Waals surface area (Å²) in [5.74, 6) is 0. The van der Waals surface area contributed by atoms with Gasteiger partial charge in [-0.15, -0.1) is 0 Å². The molecule has 0 aliphatic heterocycles. The normalized spacial score (nSPS) is 10.3. The molecule has 3 aromatic rings. The van der Waals surface area contributed by atoms with Gasteiger partial charge in [0.15, 0.2) is 0 Å². The van der Waals surface area contributed by atoms with Crippen molar-refractivity contribution in [3.8, 4) is 0 Å². The van der Waals surface area contributed by atoms with Gasteiger partial charge in [0, 0.05) is 0 Å². The summed E-state index contributed by atoms with van der Waals surface area (Å²) in [7, 11) is 0. The SMILES string of the molecule is CCCCCCCCCCCCCCCCCC[c-]1cccc1.O=[C]=[Pt].[F][Pb]([c]1ccccc1)[c]1ccccc1. The van der Waals surface area contributed by atoms with Gasteiger partial charge >= 0.3 is 121 Å². The van der Waals surface area contributed by atoms with E-state index in [0.717, 1.165) is 6.25 Å². The Morgan fingerprint density at radius 3 is 1.27 bits per heavy atom. The predicted octanol–water partition coefficient (Wildman–Crippen LogP) is 9.57. The summed E-state index contributed by atoms with van der Waals surface area (Å²) >= 11 is -1.70. The van der Waals surface area contributed by atoms with E-state index < -0.39 is 23.3 Å². The van der Waals surface area contributed by atoms with Gasteiger partial charge in [-0.1, -0.05) is 116 Å². The molecule has 0 saturated carbocycles. The standard InChI is InChI=1S/C23H41.2C6H5.CO.FH.Pb.Pt/c1-2-3-4-5-6-7-8-9-10-11-12-13-14-15-16-17-20-23-21-18-19-22-23;2*1-2-4-6-5-3-1;1-2;;;/h18-19,21-22H,2-17,20H2,1H3;2*1-5H;;1H;;/q-1;;;;;+1;/p-1. The molecule has 223 valence electrons. The molecule has 3 aromatic carbocycles. The molecule has 0 aliphatic rings. The summed E-state index contributed by atoms with van der Waals surface area (Å²) in [5.41, 5.74) is 1.52. The summed E-state index contributed by atoms with van der Waals surface area (Å²) in [6.07, 6.45) is 24.5. The van der Waals surface area contributed by atoms with E-state index in [1.165, 1.54) is 138 Å². The second kappa shape index (κ2) is 28.0. The van der Waals surface area contributed by atoms with Crippen molar-refractivity contribution in [1.82, 2.24) is 0 Å². The van der Waals surface area contributed by atoms with Crippen molar-refractivity contribution in [3.63, 3.8) is 0 Å². The Kier molecular flexibility index (Phi) is 25.9. The number of hydrogen-bond donors (Lipinski definition) is 0. The summed E-state index contributed by atoms with van der Waals surface area (Å²) in [4.78, 5) is 8.67. The summed E-state index contributed by atoms with van der Waals surface area (Å²) in [5, 5.41) is 0. The summed E-state index contributed by atoms with van der Waals surface area (Å²) in [6.45, 7) is 2.30. The van der Waals surface area contributed by atoms with Gasteiger partial charge in [0.2, 0.25) is 0 Å². The molecule has 4 heteroatoms. The predicted molar refractivity (Wildman–Crippen MR) is 170 cm³/mol. The Hall–Kier alpha value is -1.09. The van der Waals surface area contributed by atoms with E-state index >= 15 is 0 Å². The first-order valence-electron chi connectivity index (χ1n) is 15.5. The molecule has 0 amide bonds. The molecule has 3 rings (SSSR count). The molecular formula is C36H51FOPbPt-. The molecule has 0 N–H and O–H groups in total. The molecular weight excluding hydrogens is 870 g/mol. The molecule has 0 spiro atoms. The second-order valence-electron chi connectivity index (χ2n) is 10.5. The van der Waals surface area contributed by atoms with Gasteiger partial charge in [0.1, 0.15) is 0 Å². The van der Waals surface area contributed by atoms with Gasteiger partial charge < -0.3 is 0 Å². The molecule has 0 saturated heterocycles. The van der Waals surface area contributed by atoms with Crippen molar-refractivity contribution in [1.29, 1.82) is 0 Å². The molecule has 1 radical (unpaired) electrons. The van der Waals surface area contributed by atoms with Crippen molar-refractivity contribution >= 4 is 33.8 Å². The molecule has 0 fully saturated rings. The van der Waals surface area contributed by atoms with Crippen molar-refractivity contribution in [3.05, 3.63) is 90.5 Å². The van der Waals surface area contributed by atoms with Crippen LogP contribution < -0.4 is 6.25 Å². The minimum absolute atomic E-state index is 0.920. The van der Waals surface area contributed by atoms with Gasteiger partial charge in [-0.3, -0.25) is 0 Å². The Labute approximate surface area is 265 Å². The monoisotopic (exact) mass is 921 g/mol. The van der Waals surface area contributed by atoms with E-state index in [4.69, 9.17) is 4.79 Å². The number of aryl methyl sites for hydroxylation is 1. The third-order valence-corrected chi connectivity index (χ3v) is 13.6. The van der Waals surface area contributed by atoms with Crippen LogP contribution in [0.25, 0.3) is 0 Å². The van der Waals surface area contributed by atoms with Gasteiger partial charge in [-0.25, -0.2) is 12.1 Å². The van der Waals surface area contributed by atoms with E-state index in [1.807, 2.05) is 60.7 Å². The van der Waals surface area contributed by atoms with Gasteiger partial charge in [0.25, 0.3) is 0 Å². The molecule has 0 atom stereocenters. The Balaban J connectivity index is 0.000000397. The van der Waals surface area contributed by atoms with E-state index in [-0.39, 0.29) is 0 Å². The number of rotatable bonds is 19. The van der Waals surface area contributed by atoms with Gasteiger partial charge in [0.05, 0.1) is 0 Å². The molecule has 40 heavy (non-hydrogen) atoms. The Bertz CT molecular complexity index is 900. The third kappa shape index (κ3) is 20.7. The quantitative estimate of drug-likeness (QED) is 0.0666. The Morgan fingerprint density at radius 2 is 0.925 bits per heavy atom. The van der Waals surface area contributed by atoms with Crippen LogP contribution in [-0.2, 0) is 30.6 Å². The average molecular weight is 921 g/mol. The van der Waals surface area contributed by atoms with E-state index in [0.29, 0.717) is 0 Å². The first-order chi connectivity index (χ1) is 19.7. The third-order valence-electron chi connectivity index (χ3n) is 7.11. The van der Waals surface area contributed by atoms with Gasteiger partial charge in [-0.05, 0) is 0 Å². The topological polar surface area (TPSA) is 17.1 Å². The van der Waals surface area contributed by atoms with Crippen molar-refractivity contribution < 1.29 is 26.7 Å². The number of halogens is 1. The zero-order valence-electron chi connectivity index (χ0n) is 24.7. The molecule has 0 unspecified atom stereocenters. The number of unbranched alkanes of at least 4 members (excludes halogenated alkanes) is 15. The van der Waals surface area contributed by atoms with Crippen LogP contribution in [0.1, 0.15) is 115 Å². The first kappa shape index (κ1) is 36.9. The fraction of sp³-hybridized carbons (Fsp3) is 0.500. The number of benzene rings is 2. The van der Waals surface area contributed by atoms with Crippen LogP contribution in [-0.4, -0.2) is 27.6 Å². The average Bonchev–Trinajstić information content (AvgIpc) is 3.52. The van der Waals surface area contributed by atoms with Crippen molar-refractivity contribution in [2.24, 2.45) is 0 Å². The van der Waals surface area contributed by atoms with E-state index in [2.05, 4.69) is 31.2 Å². The van der Waals surface area contributed by atoms with Crippen LogP contribution in [0.15, 0.2) is 84.9 Å². The van der Waals surface area contributed by atoms with Crippen LogP contribution in [0, 0.1) is 0 Å². The molecule has 0 aliphatic carbocycles. The molecule has 0 bridgehead atoms. The van der Waals surface area contributed by atoms with E-state index in [9.17, 15) is 2.51 Å². The molecule has 0 aromatic heterocycles. The summed E-state index contributed by atoms with van der Waals surface area (Å²) in [6, 6.07) is 27.9. The first-order valence-corrected chi connectivity index (χ1v) is 22.0. The van der Waals surface area contributed by atoms with Crippen LogP contribution >= 0.6 is 0 Å².